The van der Waals surface area contributed by atoms with Crippen molar-refractivity contribution in [1.82, 2.24) is 4.90 Å². The first kappa shape index (κ1) is 36.8. The molecule has 0 radical (unpaired) electrons. The molecule has 8 rings (SSSR count). The summed E-state index contributed by atoms with van der Waals surface area (Å²) in [6.07, 6.45) is 7.88. The van der Waals surface area contributed by atoms with Crippen LogP contribution in [0.1, 0.15) is 104 Å². The molecule has 0 amide bonds. The maximum Gasteiger partial charge on any atom is 0.193 e. The number of aliphatic hydroxyl groups excluding tert-OH is 1. The maximum atomic E-state index is 14.9. The van der Waals surface area contributed by atoms with Crippen LogP contribution < -0.4 is 0 Å². The van der Waals surface area contributed by atoms with Gasteiger partial charge in [-0.2, -0.15) is 0 Å². The minimum atomic E-state index is -0.997. The minimum absolute atomic E-state index is 0.0241. The molecule has 1 saturated carbocycles. The highest BCUT2D eigenvalue weighted by molar-refractivity contribution is 6.30. The van der Waals surface area contributed by atoms with Crippen molar-refractivity contribution in [2.45, 2.75) is 94.9 Å². The molecule has 4 aliphatic rings. The molecule has 3 aliphatic carbocycles. The first-order chi connectivity index (χ1) is 25.0. The van der Waals surface area contributed by atoms with Gasteiger partial charge in [-0.05, 0) is 117 Å². The van der Waals surface area contributed by atoms with Crippen LogP contribution in [0.2, 0.25) is 5.02 Å². The van der Waals surface area contributed by atoms with E-state index in [1.165, 1.54) is 5.57 Å². The lowest BCUT2D eigenvalue weighted by Gasteiger charge is -2.48. The number of carbonyl (C=O) groups is 1. The van der Waals surface area contributed by atoms with Gasteiger partial charge in [-0.15, -0.1) is 0 Å². The first-order valence-corrected chi connectivity index (χ1v) is 19.4. The molecule has 2 fully saturated rings. The summed E-state index contributed by atoms with van der Waals surface area (Å²) in [5, 5.41) is 36.2. The molecule has 1 aliphatic heterocycles. The number of aliphatic hydroxyl groups is 3. The number of benzene rings is 4. The fourth-order valence-corrected chi connectivity index (χ4v) is 9.52. The van der Waals surface area contributed by atoms with Crippen LogP contribution in [0.15, 0.2) is 109 Å². The number of carbonyl (C=O) groups excluding carboxylic acids is 1. The third-order valence-corrected chi connectivity index (χ3v) is 13.0. The molecule has 0 aromatic heterocycles. The van der Waals surface area contributed by atoms with Crippen molar-refractivity contribution in [2.75, 3.05) is 19.6 Å². The third-order valence-electron chi connectivity index (χ3n) is 12.7. The first-order valence-electron chi connectivity index (χ1n) is 19.1. The molecular formula is C46H52ClNO4. The minimum Gasteiger partial charge on any atom is -0.393 e. The monoisotopic (exact) mass is 717 g/mol. The normalized spacial score (nSPS) is 26.7. The molecule has 272 valence electrons. The molecule has 2 bridgehead atoms. The highest BCUT2D eigenvalue weighted by atomic mass is 35.5. The van der Waals surface area contributed by atoms with Crippen LogP contribution in [0, 0.1) is 5.41 Å². The van der Waals surface area contributed by atoms with Crippen LogP contribution in [0.5, 0.6) is 0 Å². The second-order valence-corrected chi connectivity index (χ2v) is 16.4. The van der Waals surface area contributed by atoms with E-state index in [2.05, 4.69) is 37.0 Å². The lowest BCUT2D eigenvalue weighted by Crippen LogP contribution is -2.55. The summed E-state index contributed by atoms with van der Waals surface area (Å²) < 4.78 is 0. The molecule has 3 N–H and O–H groups in total. The van der Waals surface area contributed by atoms with Gasteiger partial charge in [0.15, 0.2) is 5.78 Å². The molecule has 52 heavy (non-hydrogen) atoms. The Bertz CT molecular complexity index is 1910. The van der Waals surface area contributed by atoms with Crippen molar-refractivity contribution in [3.05, 3.63) is 142 Å². The molecule has 4 aromatic rings. The van der Waals surface area contributed by atoms with Gasteiger partial charge in [0, 0.05) is 41.2 Å². The largest absolute Gasteiger partial charge is 0.393 e. The van der Waals surface area contributed by atoms with Crippen molar-refractivity contribution in [3.8, 4) is 11.1 Å². The number of fused-ring (bicyclic) bond motifs is 8. The Labute approximate surface area is 314 Å². The van der Waals surface area contributed by atoms with Gasteiger partial charge in [-0.3, -0.25) is 4.79 Å². The van der Waals surface area contributed by atoms with E-state index in [0.29, 0.717) is 67.9 Å². The number of hydrogen-bond donors (Lipinski definition) is 3. The van der Waals surface area contributed by atoms with E-state index in [0.717, 1.165) is 53.5 Å². The molecule has 1 saturated heterocycles. The van der Waals surface area contributed by atoms with E-state index in [9.17, 15) is 20.1 Å². The Morgan fingerprint density at radius 3 is 2.31 bits per heavy atom. The summed E-state index contributed by atoms with van der Waals surface area (Å²) in [5.74, 6) is -0.0734. The molecule has 4 atom stereocenters. The van der Waals surface area contributed by atoms with Crippen molar-refractivity contribution < 1.29 is 20.1 Å². The predicted molar refractivity (Wildman–Crippen MR) is 210 cm³/mol. The fourth-order valence-electron chi connectivity index (χ4n) is 9.39. The SMILES string of the molecule is CC1=CCC[C@@]2(C)[C@@H](CC[C@@]2(O)CN2CCC(O)(c3ccc(Cl)cc3)CC2)c2ccc(cc2C(=O)c2ccccc2-c2ccccc2)C[C@@H](O)CC1. The average Bonchev–Trinajstić information content (AvgIpc) is 3.40. The number of rotatable bonds is 6. The number of halogens is 1. The number of allylic oxidation sites excluding steroid dienone is 2. The van der Waals surface area contributed by atoms with Crippen molar-refractivity contribution in [2.24, 2.45) is 5.41 Å². The molecule has 6 heteroatoms. The van der Waals surface area contributed by atoms with Gasteiger partial charge in [-0.1, -0.05) is 109 Å². The zero-order valence-electron chi connectivity index (χ0n) is 30.5. The third kappa shape index (κ3) is 7.31. The van der Waals surface area contributed by atoms with Crippen molar-refractivity contribution in [1.29, 1.82) is 0 Å². The van der Waals surface area contributed by atoms with E-state index < -0.39 is 22.7 Å². The van der Waals surface area contributed by atoms with Gasteiger partial charge in [0.2, 0.25) is 0 Å². The molecule has 1 heterocycles. The zero-order chi connectivity index (χ0) is 36.5. The predicted octanol–water partition coefficient (Wildman–Crippen LogP) is 9.26. The van der Waals surface area contributed by atoms with Gasteiger partial charge < -0.3 is 20.2 Å². The van der Waals surface area contributed by atoms with Crippen LogP contribution in [0.3, 0.4) is 0 Å². The smallest absolute Gasteiger partial charge is 0.193 e. The summed E-state index contributed by atoms with van der Waals surface area (Å²) in [5.41, 5.74) is 4.87. The number of hydrogen-bond acceptors (Lipinski definition) is 5. The number of β-amino-alcohol motifs (C(OH)–C–C–N with tert-alkyl or cyclic N) is 1. The molecular weight excluding hydrogens is 666 g/mol. The van der Waals surface area contributed by atoms with Gasteiger partial charge in [0.05, 0.1) is 17.3 Å². The van der Waals surface area contributed by atoms with E-state index >= 15 is 0 Å². The van der Waals surface area contributed by atoms with E-state index in [1.54, 1.807) is 0 Å². The van der Waals surface area contributed by atoms with Crippen LogP contribution in [-0.2, 0) is 12.0 Å². The fraction of sp³-hybridized carbons (Fsp3) is 0.413. The lowest BCUT2D eigenvalue weighted by molar-refractivity contribution is -0.101. The maximum absolute atomic E-state index is 14.9. The quantitative estimate of drug-likeness (QED) is 0.137. The highest BCUT2D eigenvalue weighted by Gasteiger charge is 2.57. The number of ketones is 1. The Morgan fingerprint density at radius 2 is 1.56 bits per heavy atom. The Hall–Kier alpha value is -3.58. The second kappa shape index (κ2) is 15.0. The van der Waals surface area contributed by atoms with Gasteiger partial charge in [0.1, 0.15) is 0 Å². The lowest BCUT2D eigenvalue weighted by atomic mass is 9.64. The van der Waals surface area contributed by atoms with E-state index in [-0.39, 0.29) is 11.7 Å². The summed E-state index contributed by atoms with van der Waals surface area (Å²) in [6.45, 7) is 6.27. The van der Waals surface area contributed by atoms with Crippen molar-refractivity contribution in [3.63, 3.8) is 0 Å². The van der Waals surface area contributed by atoms with Gasteiger partial charge >= 0.3 is 0 Å². The van der Waals surface area contributed by atoms with E-state index in [1.807, 2.05) is 84.9 Å². The molecule has 0 unspecified atom stereocenters. The second-order valence-electron chi connectivity index (χ2n) is 16.0. The van der Waals surface area contributed by atoms with Crippen molar-refractivity contribution >= 4 is 17.4 Å². The van der Waals surface area contributed by atoms with Crippen LogP contribution in [0.4, 0.5) is 0 Å². The average molecular weight is 718 g/mol. The number of piperidine rings is 1. The highest BCUT2D eigenvalue weighted by Crippen LogP contribution is 2.59. The molecule has 5 nitrogen and oxygen atoms in total. The molecule has 0 spiro atoms. The summed E-state index contributed by atoms with van der Waals surface area (Å²) >= 11 is 6.14. The topological polar surface area (TPSA) is 81.0 Å². The van der Waals surface area contributed by atoms with Crippen LogP contribution in [0.25, 0.3) is 11.1 Å². The van der Waals surface area contributed by atoms with Crippen LogP contribution in [-0.4, -0.2) is 57.3 Å². The summed E-state index contributed by atoms with van der Waals surface area (Å²) in [7, 11) is 0. The Morgan fingerprint density at radius 1 is 0.846 bits per heavy atom. The molecule has 4 aromatic carbocycles. The number of likely N-dealkylation sites (tertiary alicyclic amines) is 1. The number of nitrogens with zero attached hydrogens (tertiary/aromatic N) is 1. The van der Waals surface area contributed by atoms with Gasteiger partial charge in [0.25, 0.3) is 0 Å². The Kier molecular flexibility index (Phi) is 10.6. The van der Waals surface area contributed by atoms with Gasteiger partial charge in [-0.25, -0.2) is 0 Å². The zero-order valence-corrected chi connectivity index (χ0v) is 31.3. The Balaban J connectivity index is 1.24. The standard InChI is InChI=1S/C46H52ClNO4/c1-32-9-8-23-44(2)42(22-24-46(44,52)31-48-27-25-45(51,26-28-48)35-16-18-36(47)19-17-35)39-21-15-33(29-37(49)20-14-32)30-41(39)43(50)40-13-7-6-12-38(40)34-10-4-3-5-11-34/h3-7,9-13,15-19,21,30,37,42,49,51-52H,8,14,20,22-29,31H2,1-2H3/t37-,42-,44-,46+/m0/s1. The van der Waals surface area contributed by atoms with E-state index in [4.69, 9.17) is 11.6 Å². The summed E-state index contributed by atoms with van der Waals surface area (Å²) in [6, 6.07) is 31.6. The van der Waals surface area contributed by atoms with Crippen LogP contribution >= 0.6 is 11.6 Å². The summed E-state index contributed by atoms with van der Waals surface area (Å²) in [4.78, 5) is 17.2.